The minimum absolute atomic E-state index is 0.445. The Morgan fingerprint density at radius 2 is 2.05 bits per heavy atom. The van der Waals surface area contributed by atoms with E-state index in [2.05, 4.69) is 42.2 Å². The highest BCUT2D eigenvalue weighted by molar-refractivity contribution is 5.44. The van der Waals surface area contributed by atoms with E-state index >= 15 is 0 Å². The molecule has 2 heterocycles. The maximum absolute atomic E-state index is 4.59. The van der Waals surface area contributed by atoms with Crippen molar-refractivity contribution in [3.8, 4) is 0 Å². The normalized spacial score (nSPS) is 17.7. The molecule has 0 unspecified atom stereocenters. The molecule has 1 N–H and O–H groups in total. The Balaban J connectivity index is 1.74. The SMILES string of the molecule is Cc1cccc2nc(NCC3(CC(C)C)CCCC3)nn12. The predicted octanol–water partition coefficient (Wildman–Crippen LogP) is 4.06. The summed E-state index contributed by atoms with van der Waals surface area (Å²) in [7, 11) is 0. The minimum Gasteiger partial charge on any atom is -0.352 e. The number of pyridine rings is 1. The van der Waals surface area contributed by atoms with E-state index in [4.69, 9.17) is 0 Å². The summed E-state index contributed by atoms with van der Waals surface area (Å²) < 4.78 is 1.91. The quantitative estimate of drug-likeness (QED) is 0.901. The summed E-state index contributed by atoms with van der Waals surface area (Å²) in [6.45, 7) is 7.71. The molecule has 114 valence electrons. The van der Waals surface area contributed by atoms with Crippen molar-refractivity contribution in [3.05, 3.63) is 23.9 Å². The van der Waals surface area contributed by atoms with Gasteiger partial charge < -0.3 is 5.32 Å². The first-order valence-electron chi connectivity index (χ1n) is 8.14. The molecule has 0 aromatic carbocycles. The van der Waals surface area contributed by atoms with Crippen molar-refractivity contribution in [1.82, 2.24) is 14.6 Å². The van der Waals surface area contributed by atoms with Crippen molar-refractivity contribution in [2.75, 3.05) is 11.9 Å². The molecule has 0 atom stereocenters. The number of rotatable bonds is 5. The average Bonchev–Trinajstić information content (AvgIpc) is 3.03. The number of anilines is 1. The Labute approximate surface area is 127 Å². The number of nitrogens with zero attached hydrogens (tertiary/aromatic N) is 3. The minimum atomic E-state index is 0.445. The van der Waals surface area contributed by atoms with Crippen molar-refractivity contribution in [2.45, 2.75) is 52.9 Å². The predicted molar refractivity (Wildman–Crippen MR) is 86.6 cm³/mol. The summed E-state index contributed by atoms with van der Waals surface area (Å²) in [6, 6.07) is 6.09. The number of hydrogen-bond acceptors (Lipinski definition) is 3. The van der Waals surface area contributed by atoms with Crippen LogP contribution in [0.4, 0.5) is 5.95 Å². The van der Waals surface area contributed by atoms with Gasteiger partial charge >= 0.3 is 0 Å². The molecule has 1 saturated carbocycles. The lowest BCUT2D eigenvalue weighted by Crippen LogP contribution is -2.28. The van der Waals surface area contributed by atoms with E-state index < -0.39 is 0 Å². The van der Waals surface area contributed by atoms with Crippen molar-refractivity contribution < 1.29 is 0 Å². The molecular weight excluding hydrogens is 260 g/mol. The molecular formula is C17H26N4. The number of hydrogen-bond donors (Lipinski definition) is 1. The summed E-state index contributed by atoms with van der Waals surface area (Å²) in [6.07, 6.45) is 6.71. The smallest absolute Gasteiger partial charge is 0.243 e. The van der Waals surface area contributed by atoms with Crippen LogP contribution in [0.25, 0.3) is 5.65 Å². The summed E-state index contributed by atoms with van der Waals surface area (Å²) >= 11 is 0. The van der Waals surface area contributed by atoms with Gasteiger partial charge in [0.15, 0.2) is 5.65 Å². The third-order valence-electron chi connectivity index (χ3n) is 4.68. The Kier molecular flexibility index (Phi) is 3.87. The van der Waals surface area contributed by atoms with Crippen molar-refractivity contribution in [3.63, 3.8) is 0 Å². The lowest BCUT2D eigenvalue weighted by atomic mass is 9.78. The van der Waals surface area contributed by atoms with Gasteiger partial charge in [-0.1, -0.05) is 32.8 Å². The maximum atomic E-state index is 4.59. The van der Waals surface area contributed by atoms with Crippen LogP contribution >= 0.6 is 0 Å². The average molecular weight is 286 g/mol. The van der Waals surface area contributed by atoms with E-state index in [-0.39, 0.29) is 0 Å². The number of fused-ring (bicyclic) bond motifs is 1. The molecule has 0 saturated heterocycles. The molecule has 1 aliphatic rings. The number of aromatic nitrogens is 3. The molecule has 4 nitrogen and oxygen atoms in total. The molecule has 2 aromatic rings. The Morgan fingerprint density at radius 1 is 1.29 bits per heavy atom. The fourth-order valence-electron chi connectivity index (χ4n) is 3.82. The van der Waals surface area contributed by atoms with Gasteiger partial charge in [0.05, 0.1) is 0 Å². The van der Waals surface area contributed by atoms with Crippen LogP contribution in [0.5, 0.6) is 0 Å². The van der Waals surface area contributed by atoms with Crippen LogP contribution in [0.1, 0.15) is 51.6 Å². The van der Waals surface area contributed by atoms with Crippen LogP contribution in [0.2, 0.25) is 0 Å². The number of aryl methyl sites for hydroxylation is 1. The van der Waals surface area contributed by atoms with E-state index in [0.717, 1.165) is 29.8 Å². The van der Waals surface area contributed by atoms with Gasteiger partial charge in [0.2, 0.25) is 5.95 Å². The molecule has 3 rings (SSSR count). The van der Waals surface area contributed by atoms with Crippen molar-refractivity contribution in [1.29, 1.82) is 0 Å². The van der Waals surface area contributed by atoms with Crippen LogP contribution < -0.4 is 5.32 Å². The first kappa shape index (κ1) is 14.4. The highest BCUT2D eigenvalue weighted by atomic mass is 15.3. The summed E-state index contributed by atoms with van der Waals surface area (Å²) in [5.74, 6) is 1.51. The van der Waals surface area contributed by atoms with Crippen LogP contribution in [0.15, 0.2) is 18.2 Å². The van der Waals surface area contributed by atoms with Crippen molar-refractivity contribution in [2.24, 2.45) is 11.3 Å². The maximum Gasteiger partial charge on any atom is 0.243 e. The van der Waals surface area contributed by atoms with E-state index in [1.165, 1.54) is 32.1 Å². The molecule has 4 heteroatoms. The van der Waals surface area contributed by atoms with E-state index in [1.54, 1.807) is 0 Å². The second-order valence-corrected chi connectivity index (χ2v) is 7.03. The van der Waals surface area contributed by atoms with E-state index in [0.29, 0.717) is 5.41 Å². The second kappa shape index (κ2) is 5.66. The van der Waals surface area contributed by atoms with Crippen molar-refractivity contribution >= 4 is 11.6 Å². The van der Waals surface area contributed by atoms with Gasteiger partial charge in [-0.2, -0.15) is 4.98 Å². The molecule has 2 aromatic heterocycles. The van der Waals surface area contributed by atoms with Crippen LogP contribution in [0.3, 0.4) is 0 Å². The van der Waals surface area contributed by atoms with E-state index in [1.807, 2.05) is 16.6 Å². The van der Waals surface area contributed by atoms with E-state index in [9.17, 15) is 0 Å². The van der Waals surface area contributed by atoms with Gasteiger partial charge in [0, 0.05) is 12.2 Å². The largest absolute Gasteiger partial charge is 0.352 e. The third-order valence-corrected chi connectivity index (χ3v) is 4.68. The first-order chi connectivity index (χ1) is 10.1. The first-order valence-corrected chi connectivity index (χ1v) is 8.14. The van der Waals surface area contributed by atoms with Gasteiger partial charge in [0.1, 0.15) is 0 Å². The van der Waals surface area contributed by atoms with Gasteiger partial charge in [-0.3, -0.25) is 0 Å². The molecule has 0 amide bonds. The molecule has 1 fully saturated rings. The van der Waals surface area contributed by atoms with Gasteiger partial charge in [0.25, 0.3) is 0 Å². The fourth-order valence-corrected chi connectivity index (χ4v) is 3.82. The molecule has 0 bridgehead atoms. The van der Waals surface area contributed by atoms with Crippen LogP contribution in [0, 0.1) is 18.3 Å². The highest BCUT2D eigenvalue weighted by Gasteiger charge is 2.34. The lowest BCUT2D eigenvalue weighted by Gasteiger charge is -2.30. The Hall–Kier alpha value is -1.58. The van der Waals surface area contributed by atoms with Gasteiger partial charge in [-0.25, -0.2) is 4.52 Å². The second-order valence-electron chi connectivity index (χ2n) is 7.03. The molecule has 0 aliphatic heterocycles. The monoisotopic (exact) mass is 286 g/mol. The highest BCUT2D eigenvalue weighted by Crippen LogP contribution is 2.43. The molecule has 0 spiro atoms. The topological polar surface area (TPSA) is 42.2 Å². The fraction of sp³-hybridized carbons (Fsp3) is 0.647. The standard InChI is InChI=1S/C17H26N4/c1-13(2)11-17(9-4-5-10-17)12-18-16-19-15-8-6-7-14(3)21(15)20-16/h6-8,13H,4-5,9-12H2,1-3H3,(H,18,20). The zero-order chi connectivity index (χ0) is 14.9. The Bertz CT molecular complexity index is 608. The third kappa shape index (κ3) is 3.04. The zero-order valence-corrected chi connectivity index (χ0v) is 13.4. The molecule has 1 aliphatic carbocycles. The van der Waals surface area contributed by atoms with Gasteiger partial charge in [-0.15, -0.1) is 5.10 Å². The Morgan fingerprint density at radius 3 is 2.71 bits per heavy atom. The van der Waals surface area contributed by atoms with Gasteiger partial charge in [-0.05, 0) is 49.7 Å². The lowest BCUT2D eigenvalue weighted by molar-refractivity contribution is 0.252. The summed E-state index contributed by atoms with van der Waals surface area (Å²) in [5, 5.41) is 8.08. The van der Waals surface area contributed by atoms with Crippen LogP contribution in [-0.2, 0) is 0 Å². The summed E-state index contributed by atoms with van der Waals surface area (Å²) in [5.41, 5.74) is 2.48. The summed E-state index contributed by atoms with van der Waals surface area (Å²) in [4.78, 5) is 4.59. The molecule has 0 radical (unpaired) electrons. The zero-order valence-electron chi connectivity index (χ0n) is 13.4. The van der Waals surface area contributed by atoms with Crippen LogP contribution in [-0.4, -0.2) is 21.1 Å². The number of nitrogens with one attached hydrogen (secondary N) is 1. The molecule has 21 heavy (non-hydrogen) atoms.